The SMILES string of the molecule is COC(CCC(C)C1CCC2C3C(O)CC4CC(=O)CCC4(C)C3CC(O)C12C)NCCC[N+](C)(C)CCCS(=O)(=O)O. The summed E-state index contributed by atoms with van der Waals surface area (Å²) in [4.78, 5) is 12.3. The smallest absolute Gasteiger partial charge is 0.265 e. The van der Waals surface area contributed by atoms with Gasteiger partial charge in [0.15, 0.2) is 0 Å². The van der Waals surface area contributed by atoms with Crippen molar-refractivity contribution in [3.63, 3.8) is 0 Å². The molecule has 0 bridgehead atoms. The van der Waals surface area contributed by atoms with Crippen LogP contribution >= 0.6 is 0 Å². The molecule has 0 spiro atoms. The van der Waals surface area contributed by atoms with E-state index in [-0.39, 0.29) is 52.8 Å². The molecule has 4 saturated carbocycles. The first-order valence-electron chi connectivity index (χ1n) is 16.9. The molecule has 250 valence electrons. The minimum absolute atomic E-state index is 0.0370. The Hall–Kier alpha value is -0.620. The van der Waals surface area contributed by atoms with Crippen LogP contribution in [0.1, 0.15) is 91.4 Å². The molecule has 43 heavy (non-hydrogen) atoms. The Balaban J connectivity index is 1.29. The summed E-state index contributed by atoms with van der Waals surface area (Å²) < 4.78 is 37.5. The number of methoxy groups -OCH3 is 1. The van der Waals surface area contributed by atoms with Gasteiger partial charge in [-0.2, -0.15) is 8.42 Å². The first-order chi connectivity index (χ1) is 20.0. The lowest BCUT2D eigenvalue weighted by Crippen LogP contribution is -2.62. The van der Waals surface area contributed by atoms with Crippen LogP contribution in [0.2, 0.25) is 0 Å². The third-order valence-corrected chi connectivity index (χ3v) is 13.8. The summed E-state index contributed by atoms with van der Waals surface area (Å²) in [5, 5.41) is 26.9. The summed E-state index contributed by atoms with van der Waals surface area (Å²) in [6.45, 7) is 9.38. The topological polar surface area (TPSA) is 133 Å². The zero-order chi connectivity index (χ0) is 31.8. The van der Waals surface area contributed by atoms with Gasteiger partial charge in [0.05, 0.1) is 45.1 Å². The van der Waals surface area contributed by atoms with Gasteiger partial charge in [-0.25, -0.2) is 0 Å². The van der Waals surface area contributed by atoms with Crippen molar-refractivity contribution < 1.29 is 37.2 Å². The van der Waals surface area contributed by atoms with Crippen LogP contribution in [0.15, 0.2) is 0 Å². The second-order valence-electron chi connectivity index (χ2n) is 15.9. The number of carbonyl (C=O) groups is 1. The number of fused-ring (bicyclic) bond motifs is 5. The second kappa shape index (κ2) is 13.6. The Bertz CT molecular complexity index is 1070. The Morgan fingerprint density at radius 3 is 2.44 bits per heavy atom. The average molecular weight is 630 g/mol. The van der Waals surface area contributed by atoms with E-state index in [1.54, 1.807) is 7.11 Å². The van der Waals surface area contributed by atoms with Crippen molar-refractivity contribution in [2.45, 2.75) is 110 Å². The van der Waals surface area contributed by atoms with Crippen LogP contribution in [-0.2, 0) is 19.6 Å². The van der Waals surface area contributed by atoms with E-state index < -0.39 is 10.1 Å². The van der Waals surface area contributed by atoms with Crippen molar-refractivity contribution in [3.05, 3.63) is 0 Å². The highest BCUT2D eigenvalue weighted by Crippen LogP contribution is 2.68. The summed E-state index contributed by atoms with van der Waals surface area (Å²) in [7, 11) is 2.00. The van der Waals surface area contributed by atoms with Gasteiger partial charge in [-0.05, 0) is 91.3 Å². The first-order valence-corrected chi connectivity index (χ1v) is 18.5. The van der Waals surface area contributed by atoms with Gasteiger partial charge in [0.2, 0.25) is 0 Å². The van der Waals surface area contributed by atoms with Crippen LogP contribution in [0.4, 0.5) is 0 Å². The van der Waals surface area contributed by atoms with E-state index in [2.05, 4.69) is 40.2 Å². The van der Waals surface area contributed by atoms with Crippen molar-refractivity contribution >= 4 is 15.9 Å². The number of aliphatic hydroxyl groups excluding tert-OH is 2. The largest absolute Gasteiger partial charge is 0.393 e. The Labute approximate surface area is 260 Å². The van der Waals surface area contributed by atoms with E-state index in [0.717, 1.165) is 64.5 Å². The molecule has 0 saturated heterocycles. The summed E-state index contributed by atoms with van der Waals surface area (Å²) >= 11 is 0. The van der Waals surface area contributed by atoms with E-state index >= 15 is 0 Å². The van der Waals surface area contributed by atoms with Crippen LogP contribution in [0.3, 0.4) is 0 Å². The van der Waals surface area contributed by atoms with Crippen LogP contribution in [-0.4, -0.2) is 98.5 Å². The predicted octanol–water partition coefficient (Wildman–Crippen LogP) is 3.88. The van der Waals surface area contributed by atoms with Gasteiger partial charge in [-0.1, -0.05) is 20.8 Å². The Morgan fingerprint density at radius 2 is 1.77 bits per heavy atom. The molecule has 4 N–H and O–H groups in total. The quantitative estimate of drug-likeness (QED) is 0.0985. The summed E-state index contributed by atoms with van der Waals surface area (Å²) in [5.41, 5.74) is -0.167. The van der Waals surface area contributed by atoms with Crippen LogP contribution in [0.25, 0.3) is 0 Å². The van der Waals surface area contributed by atoms with Crippen LogP contribution < -0.4 is 5.32 Å². The van der Waals surface area contributed by atoms with Crippen molar-refractivity contribution in [1.82, 2.24) is 5.32 Å². The lowest BCUT2D eigenvalue weighted by molar-refractivity contribution is -0.890. The van der Waals surface area contributed by atoms with E-state index in [0.29, 0.717) is 53.8 Å². The molecular formula is C33H61N2O7S+. The fraction of sp³-hybridized carbons (Fsp3) is 0.970. The molecule has 0 aromatic heterocycles. The molecule has 9 nitrogen and oxygen atoms in total. The highest BCUT2D eigenvalue weighted by molar-refractivity contribution is 7.85. The van der Waals surface area contributed by atoms with Crippen molar-refractivity contribution in [2.75, 3.05) is 46.6 Å². The van der Waals surface area contributed by atoms with E-state index in [1.165, 1.54) is 0 Å². The van der Waals surface area contributed by atoms with Gasteiger partial charge in [0.25, 0.3) is 10.1 Å². The minimum atomic E-state index is -3.91. The van der Waals surface area contributed by atoms with E-state index in [1.807, 2.05) is 0 Å². The number of hydrogen-bond donors (Lipinski definition) is 4. The molecule has 11 atom stereocenters. The number of hydrogen-bond acceptors (Lipinski definition) is 7. The molecule has 10 heteroatoms. The number of nitrogens with one attached hydrogen (secondary N) is 1. The highest BCUT2D eigenvalue weighted by atomic mass is 32.2. The zero-order valence-electron chi connectivity index (χ0n) is 27.6. The molecule has 0 amide bonds. The molecule has 0 aromatic carbocycles. The van der Waals surface area contributed by atoms with Gasteiger partial charge in [-0.15, -0.1) is 0 Å². The molecule has 0 aromatic rings. The number of nitrogens with zero attached hydrogens (tertiary/aromatic N) is 1. The zero-order valence-corrected chi connectivity index (χ0v) is 28.4. The third-order valence-electron chi connectivity index (χ3n) is 13.0. The van der Waals surface area contributed by atoms with Crippen LogP contribution in [0, 0.1) is 46.3 Å². The summed E-state index contributed by atoms with van der Waals surface area (Å²) in [5.74, 6) is 2.02. The number of ketones is 1. The summed E-state index contributed by atoms with van der Waals surface area (Å²) in [6.07, 6.45) is 8.21. The van der Waals surface area contributed by atoms with Crippen LogP contribution in [0.5, 0.6) is 0 Å². The van der Waals surface area contributed by atoms with Crippen molar-refractivity contribution in [2.24, 2.45) is 46.3 Å². The number of carbonyl (C=O) groups excluding carboxylic acids is 1. The number of ether oxygens (including phenoxy) is 1. The Kier molecular flexibility index (Phi) is 11.2. The first kappa shape index (κ1) is 35.2. The predicted molar refractivity (Wildman–Crippen MR) is 168 cm³/mol. The van der Waals surface area contributed by atoms with Gasteiger partial charge >= 0.3 is 0 Å². The molecule has 0 radical (unpaired) electrons. The highest BCUT2D eigenvalue weighted by Gasteiger charge is 2.65. The average Bonchev–Trinajstić information content (AvgIpc) is 3.27. The van der Waals surface area contributed by atoms with E-state index in [9.17, 15) is 23.4 Å². The third kappa shape index (κ3) is 7.68. The van der Waals surface area contributed by atoms with Crippen molar-refractivity contribution in [1.29, 1.82) is 0 Å². The molecule has 0 aliphatic heterocycles. The number of quaternary nitrogens is 1. The number of aliphatic hydroxyl groups is 2. The standard InChI is InChI=1S/C33H60N2O7S/c1-22(9-12-30(42-6)34-15-7-16-35(4,5)17-8-18-43(39,40)41)25-10-11-26-31-27(21-29(38)33(25,26)3)32(2)14-13-24(36)19-23(32)20-28(31)37/h22-23,25-31,34,37-38H,7-21H2,1-6H3/p+1. The fourth-order valence-corrected chi connectivity index (χ4v) is 10.9. The monoisotopic (exact) mass is 629 g/mol. The lowest BCUT2D eigenvalue weighted by atomic mass is 9.43. The maximum Gasteiger partial charge on any atom is 0.265 e. The van der Waals surface area contributed by atoms with Gasteiger partial charge in [0.1, 0.15) is 12.0 Å². The molecule has 4 aliphatic carbocycles. The lowest BCUT2D eigenvalue weighted by Gasteiger charge is -2.63. The molecule has 4 aliphatic rings. The number of rotatable bonds is 14. The maximum atomic E-state index is 12.3. The molecule has 4 fully saturated rings. The van der Waals surface area contributed by atoms with Gasteiger partial charge in [-0.3, -0.25) is 14.7 Å². The minimum Gasteiger partial charge on any atom is -0.393 e. The second-order valence-corrected chi connectivity index (χ2v) is 17.5. The van der Waals surface area contributed by atoms with Gasteiger partial charge in [0, 0.05) is 39.3 Å². The van der Waals surface area contributed by atoms with Gasteiger partial charge < -0.3 is 19.4 Å². The molecule has 11 unspecified atom stereocenters. The molecule has 0 heterocycles. The number of Topliss-reactive ketones (excluding diaryl/α,β-unsaturated/α-hetero) is 1. The molecular weight excluding hydrogens is 568 g/mol. The summed E-state index contributed by atoms with van der Waals surface area (Å²) in [6, 6.07) is 0. The van der Waals surface area contributed by atoms with Crippen molar-refractivity contribution in [3.8, 4) is 0 Å². The fourth-order valence-electron chi connectivity index (χ4n) is 10.4. The normalized spacial score (nSPS) is 39.6. The maximum absolute atomic E-state index is 12.3. The Morgan fingerprint density at radius 1 is 1.07 bits per heavy atom. The van der Waals surface area contributed by atoms with E-state index in [4.69, 9.17) is 9.29 Å². The molecule has 4 rings (SSSR count).